The summed E-state index contributed by atoms with van der Waals surface area (Å²) in [6.07, 6.45) is 0. The smallest absolute Gasteiger partial charge is 0.263 e. The van der Waals surface area contributed by atoms with Gasteiger partial charge in [0.25, 0.3) is 5.91 Å². The van der Waals surface area contributed by atoms with Gasteiger partial charge in [-0.15, -0.1) is 0 Å². The highest BCUT2D eigenvalue weighted by Gasteiger charge is 2.11. The van der Waals surface area contributed by atoms with Crippen LogP contribution in [0.25, 0.3) is 0 Å². The highest BCUT2D eigenvalue weighted by Crippen LogP contribution is 2.29. The molecule has 0 radical (unpaired) electrons. The standard InChI is InChI=1S/C15H17BrN2O3/c1-9(2)12-7-11(16)4-5-13(12)20-8-15(19)17-14-6-10(3)21-18-14/h4-7,9H,8H2,1-3H3,(H,17,18,19). The molecule has 0 aliphatic rings. The molecule has 0 aliphatic carbocycles. The Morgan fingerprint density at radius 1 is 1.43 bits per heavy atom. The third-order valence-corrected chi connectivity index (χ3v) is 3.34. The van der Waals surface area contributed by atoms with Crippen LogP contribution in [0.2, 0.25) is 0 Å². The van der Waals surface area contributed by atoms with E-state index in [0.29, 0.717) is 23.2 Å². The van der Waals surface area contributed by atoms with Crippen LogP contribution in [0.5, 0.6) is 5.75 Å². The van der Waals surface area contributed by atoms with E-state index in [-0.39, 0.29) is 12.5 Å². The lowest BCUT2D eigenvalue weighted by Crippen LogP contribution is -2.20. The maximum absolute atomic E-state index is 11.8. The average molecular weight is 353 g/mol. The Balaban J connectivity index is 1.98. The summed E-state index contributed by atoms with van der Waals surface area (Å²) in [6, 6.07) is 7.39. The predicted octanol–water partition coefficient (Wildman–Crippen LogP) is 3.89. The highest BCUT2D eigenvalue weighted by atomic mass is 79.9. The number of ether oxygens (including phenoxy) is 1. The molecular weight excluding hydrogens is 336 g/mol. The van der Waals surface area contributed by atoms with Crippen LogP contribution in [0.4, 0.5) is 5.82 Å². The SMILES string of the molecule is Cc1cc(NC(=O)COc2ccc(Br)cc2C(C)C)no1. The zero-order valence-electron chi connectivity index (χ0n) is 12.1. The highest BCUT2D eigenvalue weighted by molar-refractivity contribution is 9.10. The second-order valence-electron chi connectivity index (χ2n) is 5.00. The Hall–Kier alpha value is -1.82. The quantitative estimate of drug-likeness (QED) is 0.886. The van der Waals surface area contributed by atoms with Crippen molar-refractivity contribution in [2.45, 2.75) is 26.7 Å². The first kappa shape index (κ1) is 15.6. The van der Waals surface area contributed by atoms with Crippen LogP contribution in [0.3, 0.4) is 0 Å². The van der Waals surface area contributed by atoms with E-state index in [2.05, 4.69) is 40.3 Å². The Bertz CT molecular complexity index is 638. The van der Waals surface area contributed by atoms with Crippen LogP contribution in [0.15, 0.2) is 33.3 Å². The van der Waals surface area contributed by atoms with Gasteiger partial charge >= 0.3 is 0 Å². The topological polar surface area (TPSA) is 64.4 Å². The van der Waals surface area contributed by atoms with E-state index in [9.17, 15) is 4.79 Å². The van der Waals surface area contributed by atoms with Crippen molar-refractivity contribution in [3.8, 4) is 5.75 Å². The van der Waals surface area contributed by atoms with E-state index in [4.69, 9.17) is 9.26 Å². The van der Waals surface area contributed by atoms with Crippen molar-refractivity contribution in [1.82, 2.24) is 5.16 Å². The normalized spacial score (nSPS) is 10.7. The molecule has 0 spiro atoms. The number of aromatic nitrogens is 1. The molecule has 1 aromatic carbocycles. The van der Waals surface area contributed by atoms with Gasteiger partial charge in [0.05, 0.1) is 0 Å². The van der Waals surface area contributed by atoms with Crippen LogP contribution in [0.1, 0.15) is 31.1 Å². The number of nitrogens with zero attached hydrogens (tertiary/aromatic N) is 1. The largest absolute Gasteiger partial charge is 0.483 e. The predicted molar refractivity (Wildman–Crippen MR) is 83.6 cm³/mol. The molecule has 0 atom stereocenters. The van der Waals surface area contributed by atoms with E-state index in [0.717, 1.165) is 10.0 Å². The van der Waals surface area contributed by atoms with Gasteiger partial charge in [-0.25, -0.2) is 0 Å². The fourth-order valence-corrected chi connectivity index (χ4v) is 2.23. The van der Waals surface area contributed by atoms with Gasteiger partial charge < -0.3 is 14.6 Å². The second kappa shape index (κ2) is 6.76. The summed E-state index contributed by atoms with van der Waals surface area (Å²) < 4.78 is 11.5. The summed E-state index contributed by atoms with van der Waals surface area (Å²) in [4.78, 5) is 11.8. The molecule has 21 heavy (non-hydrogen) atoms. The molecule has 112 valence electrons. The molecule has 6 heteroatoms. The summed E-state index contributed by atoms with van der Waals surface area (Å²) in [5.41, 5.74) is 1.05. The maximum atomic E-state index is 11.8. The molecule has 2 aromatic rings. The fourth-order valence-electron chi connectivity index (χ4n) is 1.85. The third-order valence-electron chi connectivity index (χ3n) is 2.85. The van der Waals surface area contributed by atoms with Gasteiger partial charge in [-0.3, -0.25) is 4.79 Å². The first-order valence-electron chi connectivity index (χ1n) is 6.61. The van der Waals surface area contributed by atoms with Crippen LogP contribution >= 0.6 is 15.9 Å². The Kier molecular flexibility index (Phi) is 5.01. The lowest BCUT2D eigenvalue weighted by Gasteiger charge is -2.14. The monoisotopic (exact) mass is 352 g/mol. The average Bonchev–Trinajstić information content (AvgIpc) is 2.82. The molecule has 1 amide bonds. The molecule has 0 bridgehead atoms. The van der Waals surface area contributed by atoms with Crippen LogP contribution in [0, 0.1) is 6.92 Å². The number of carbonyl (C=O) groups excluding carboxylic acids is 1. The van der Waals surface area contributed by atoms with Crippen LogP contribution in [-0.2, 0) is 4.79 Å². The summed E-state index contributed by atoms with van der Waals surface area (Å²) in [7, 11) is 0. The number of anilines is 1. The number of aryl methyl sites for hydroxylation is 1. The number of carbonyl (C=O) groups is 1. The van der Waals surface area contributed by atoms with Gasteiger partial charge in [-0.2, -0.15) is 0 Å². The van der Waals surface area contributed by atoms with Gasteiger partial charge in [-0.05, 0) is 36.6 Å². The van der Waals surface area contributed by atoms with Crippen molar-refractivity contribution in [3.63, 3.8) is 0 Å². The molecule has 0 saturated heterocycles. The number of halogens is 1. The number of amides is 1. The first-order valence-corrected chi connectivity index (χ1v) is 7.40. The fraction of sp³-hybridized carbons (Fsp3) is 0.333. The van der Waals surface area contributed by atoms with Gasteiger partial charge in [-0.1, -0.05) is 34.9 Å². The Morgan fingerprint density at radius 3 is 2.81 bits per heavy atom. The van der Waals surface area contributed by atoms with Crippen molar-refractivity contribution >= 4 is 27.7 Å². The number of hydrogen-bond donors (Lipinski definition) is 1. The minimum atomic E-state index is -0.277. The van der Waals surface area contributed by atoms with Crippen LogP contribution in [-0.4, -0.2) is 17.7 Å². The molecule has 0 fully saturated rings. The first-order chi connectivity index (χ1) is 9.95. The molecule has 1 aromatic heterocycles. The summed E-state index contributed by atoms with van der Waals surface area (Å²) in [6.45, 7) is 5.84. The molecular formula is C15H17BrN2O3. The molecule has 0 saturated carbocycles. The summed E-state index contributed by atoms with van der Waals surface area (Å²) in [5, 5.41) is 6.31. The number of nitrogens with one attached hydrogen (secondary N) is 1. The van der Waals surface area contributed by atoms with Crippen molar-refractivity contribution in [2.24, 2.45) is 0 Å². The Labute approximate surface area is 131 Å². The minimum absolute atomic E-state index is 0.0761. The zero-order valence-corrected chi connectivity index (χ0v) is 13.7. The van der Waals surface area contributed by atoms with Gasteiger partial charge in [0, 0.05) is 10.5 Å². The van der Waals surface area contributed by atoms with E-state index in [1.165, 1.54) is 0 Å². The van der Waals surface area contributed by atoms with Gasteiger partial charge in [0.15, 0.2) is 12.4 Å². The molecule has 1 N–H and O–H groups in total. The van der Waals surface area contributed by atoms with Gasteiger partial charge in [0.1, 0.15) is 11.5 Å². The summed E-state index contributed by atoms with van der Waals surface area (Å²) in [5.74, 6) is 1.77. The van der Waals surface area contributed by atoms with Crippen molar-refractivity contribution in [3.05, 3.63) is 40.1 Å². The zero-order chi connectivity index (χ0) is 15.4. The molecule has 2 rings (SSSR count). The molecule has 0 unspecified atom stereocenters. The minimum Gasteiger partial charge on any atom is -0.483 e. The molecule has 0 aliphatic heterocycles. The van der Waals surface area contributed by atoms with E-state index >= 15 is 0 Å². The second-order valence-corrected chi connectivity index (χ2v) is 5.91. The van der Waals surface area contributed by atoms with E-state index in [1.807, 2.05) is 18.2 Å². The lowest BCUT2D eigenvalue weighted by atomic mass is 10.0. The van der Waals surface area contributed by atoms with Gasteiger partial charge in [0.2, 0.25) is 0 Å². The molecule has 5 nitrogen and oxygen atoms in total. The number of rotatable bonds is 5. The summed E-state index contributed by atoms with van der Waals surface area (Å²) >= 11 is 3.44. The van der Waals surface area contributed by atoms with E-state index < -0.39 is 0 Å². The van der Waals surface area contributed by atoms with Crippen LogP contribution < -0.4 is 10.1 Å². The third kappa shape index (κ3) is 4.32. The lowest BCUT2D eigenvalue weighted by molar-refractivity contribution is -0.118. The Morgan fingerprint density at radius 2 is 2.19 bits per heavy atom. The number of hydrogen-bond acceptors (Lipinski definition) is 4. The van der Waals surface area contributed by atoms with Crippen molar-refractivity contribution in [2.75, 3.05) is 11.9 Å². The number of benzene rings is 1. The van der Waals surface area contributed by atoms with Crippen molar-refractivity contribution < 1.29 is 14.1 Å². The molecule has 1 heterocycles. The van der Waals surface area contributed by atoms with Crippen molar-refractivity contribution in [1.29, 1.82) is 0 Å². The van der Waals surface area contributed by atoms with E-state index in [1.54, 1.807) is 13.0 Å². The maximum Gasteiger partial charge on any atom is 0.263 e.